The third-order valence-corrected chi connectivity index (χ3v) is 2.40. The van der Waals surface area contributed by atoms with E-state index in [9.17, 15) is 0 Å². The maximum absolute atomic E-state index is 4.98. The first-order valence-electron chi connectivity index (χ1n) is 3.98. The van der Waals surface area contributed by atoms with Crippen LogP contribution in [0.2, 0.25) is 0 Å². The van der Waals surface area contributed by atoms with E-state index >= 15 is 0 Å². The van der Waals surface area contributed by atoms with E-state index in [2.05, 4.69) is 28.0 Å². The fourth-order valence-corrected chi connectivity index (χ4v) is 1.69. The summed E-state index contributed by atoms with van der Waals surface area (Å²) in [5.74, 6) is 0. The Morgan fingerprint density at radius 1 is 1.67 bits per heavy atom. The smallest absolute Gasteiger partial charge is 0.0658 e. The highest BCUT2D eigenvalue weighted by Gasteiger charge is 2.04. The quantitative estimate of drug-likeness (QED) is 0.793. The van der Waals surface area contributed by atoms with E-state index in [1.807, 2.05) is 10.9 Å². The molecule has 0 bridgehead atoms. The Bertz CT molecular complexity index is 247. The van der Waals surface area contributed by atoms with Crippen LogP contribution in [0.25, 0.3) is 0 Å². The standard InChI is InChI=1S/C8H13BrN2O/c1-3-8-7(9)6-10-11(8)4-5-12-2/h6H,3-5H2,1-2H3. The van der Waals surface area contributed by atoms with Gasteiger partial charge in [-0.15, -0.1) is 0 Å². The van der Waals surface area contributed by atoms with Gasteiger partial charge in [0.2, 0.25) is 0 Å². The van der Waals surface area contributed by atoms with Crippen LogP contribution in [0.5, 0.6) is 0 Å². The zero-order chi connectivity index (χ0) is 8.97. The highest BCUT2D eigenvalue weighted by Crippen LogP contribution is 2.15. The van der Waals surface area contributed by atoms with Gasteiger partial charge in [0.05, 0.1) is 29.5 Å². The first kappa shape index (κ1) is 9.74. The molecule has 0 aromatic carbocycles. The van der Waals surface area contributed by atoms with Crippen molar-refractivity contribution in [1.29, 1.82) is 0 Å². The van der Waals surface area contributed by atoms with Crippen LogP contribution in [0.1, 0.15) is 12.6 Å². The molecule has 1 heterocycles. The molecule has 0 unspecified atom stereocenters. The zero-order valence-corrected chi connectivity index (χ0v) is 8.97. The lowest BCUT2D eigenvalue weighted by molar-refractivity contribution is 0.182. The van der Waals surface area contributed by atoms with Crippen molar-refractivity contribution in [2.75, 3.05) is 13.7 Å². The van der Waals surface area contributed by atoms with Gasteiger partial charge in [-0.25, -0.2) is 0 Å². The number of hydrogen-bond acceptors (Lipinski definition) is 2. The summed E-state index contributed by atoms with van der Waals surface area (Å²) in [5.41, 5.74) is 1.23. The second kappa shape index (κ2) is 4.62. The summed E-state index contributed by atoms with van der Waals surface area (Å²) in [6, 6.07) is 0. The molecular weight excluding hydrogens is 220 g/mol. The van der Waals surface area contributed by atoms with E-state index in [1.165, 1.54) is 5.69 Å². The topological polar surface area (TPSA) is 27.1 Å². The fourth-order valence-electron chi connectivity index (χ4n) is 1.11. The van der Waals surface area contributed by atoms with Crippen molar-refractivity contribution >= 4 is 15.9 Å². The molecule has 1 aromatic heterocycles. The predicted molar refractivity (Wildman–Crippen MR) is 51.2 cm³/mol. The number of nitrogens with zero attached hydrogens (tertiary/aromatic N) is 2. The third-order valence-electron chi connectivity index (χ3n) is 1.74. The molecule has 0 radical (unpaired) electrons. The van der Waals surface area contributed by atoms with E-state index in [4.69, 9.17) is 4.74 Å². The summed E-state index contributed by atoms with van der Waals surface area (Å²) in [5, 5.41) is 4.21. The van der Waals surface area contributed by atoms with Crippen LogP contribution < -0.4 is 0 Å². The van der Waals surface area contributed by atoms with Crippen LogP contribution in [-0.2, 0) is 17.7 Å². The SMILES string of the molecule is CCc1c(Br)cnn1CCOC. The summed E-state index contributed by atoms with van der Waals surface area (Å²) in [7, 11) is 1.70. The van der Waals surface area contributed by atoms with Gasteiger partial charge in [0.1, 0.15) is 0 Å². The Morgan fingerprint density at radius 2 is 2.42 bits per heavy atom. The molecule has 0 saturated carbocycles. The lowest BCUT2D eigenvalue weighted by Crippen LogP contribution is -2.08. The normalized spacial score (nSPS) is 10.6. The average molecular weight is 233 g/mol. The Balaban J connectivity index is 2.70. The fraction of sp³-hybridized carbons (Fsp3) is 0.625. The van der Waals surface area contributed by atoms with Crippen molar-refractivity contribution in [3.05, 3.63) is 16.4 Å². The van der Waals surface area contributed by atoms with Gasteiger partial charge in [-0.2, -0.15) is 5.10 Å². The Labute approximate surface area is 80.8 Å². The number of aromatic nitrogens is 2. The van der Waals surface area contributed by atoms with Gasteiger partial charge in [0, 0.05) is 7.11 Å². The minimum Gasteiger partial charge on any atom is -0.383 e. The van der Waals surface area contributed by atoms with Crippen LogP contribution in [-0.4, -0.2) is 23.5 Å². The highest BCUT2D eigenvalue weighted by atomic mass is 79.9. The van der Waals surface area contributed by atoms with Crippen LogP contribution in [0.15, 0.2) is 10.7 Å². The Morgan fingerprint density at radius 3 is 3.00 bits per heavy atom. The number of halogens is 1. The van der Waals surface area contributed by atoms with Gasteiger partial charge >= 0.3 is 0 Å². The molecule has 0 atom stereocenters. The molecular formula is C8H13BrN2O. The van der Waals surface area contributed by atoms with Crippen molar-refractivity contribution in [2.45, 2.75) is 19.9 Å². The van der Waals surface area contributed by atoms with E-state index in [0.717, 1.165) is 17.4 Å². The van der Waals surface area contributed by atoms with Gasteiger partial charge < -0.3 is 4.74 Å². The molecule has 0 aliphatic rings. The van der Waals surface area contributed by atoms with Crippen molar-refractivity contribution in [1.82, 2.24) is 9.78 Å². The van der Waals surface area contributed by atoms with E-state index in [1.54, 1.807) is 7.11 Å². The Hall–Kier alpha value is -0.350. The lowest BCUT2D eigenvalue weighted by atomic mass is 10.3. The third kappa shape index (κ3) is 2.08. The summed E-state index contributed by atoms with van der Waals surface area (Å²) in [6.45, 7) is 3.65. The minimum absolute atomic E-state index is 0.709. The summed E-state index contributed by atoms with van der Waals surface area (Å²) in [6.07, 6.45) is 2.82. The lowest BCUT2D eigenvalue weighted by Gasteiger charge is -2.04. The molecule has 3 nitrogen and oxygen atoms in total. The van der Waals surface area contributed by atoms with Gasteiger partial charge in [0.25, 0.3) is 0 Å². The maximum atomic E-state index is 4.98. The molecule has 4 heteroatoms. The van der Waals surface area contributed by atoms with Crippen molar-refractivity contribution in [3.8, 4) is 0 Å². The summed E-state index contributed by atoms with van der Waals surface area (Å²) < 4.78 is 8.03. The second-order valence-corrected chi connectivity index (χ2v) is 3.36. The van der Waals surface area contributed by atoms with Gasteiger partial charge in [-0.1, -0.05) is 6.92 Å². The largest absolute Gasteiger partial charge is 0.383 e. The number of methoxy groups -OCH3 is 1. The van der Waals surface area contributed by atoms with E-state index in [0.29, 0.717) is 6.61 Å². The van der Waals surface area contributed by atoms with Crippen LogP contribution in [0, 0.1) is 0 Å². The van der Waals surface area contributed by atoms with Crippen LogP contribution in [0.3, 0.4) is 0 Å². The second-order valence-electron chi connectivity index (χ2n) is 2.51. The van der Waals surface area contributed by atoms with E-state index in [-0.39, 0.29) is 0 Å². The molecule has 0 spiro atoms. The predicted octanol–water partition coefficient (Wildman–Crippen LogP) is 1.85. The summed E-state index contributed by atoms with van der Waals surface area (Å²) >= 11 is 3.45. The molecule has 0 saturated heterocycles. The first-order valence-corrected chi connectivity index (χ1v) is 4.78. The van der Waals surface area contributed by atoms with Crippen molar-refractivity contribution < 1.29 is 4.74 Å². The monoisotopic (exact) mass is 232 g/mol. The van der Waals surface area contributed by atoms with E-state index < -0.39 is 0 Å². The number of hydrogen-bond donors (Lipinski definition) is 0. The van der Waals surface area contributed by atoms with Gasteiger partial charge in [-0.05, 0) is 22.4 Å². The molecule has 0 amide bonds. The molecule has 0 aliphatic carbocycles. The summed E-state index contributed by atoms with van der Waals surface area (Å²) in [4.78, 5) is 0. The first-order chi connectivity index (χ1) is 5.79. The average Bonchev–Trinajstić information content (AvgIpc) is 2.43. The van der Waals surface area contributed by atoms with Crippen molar-refractivity contribution in [3.63, 3.8) is 0 Å². The minimum atomic E-state index is 0.709. The number of ether oxygens (including phenoxy) is 1. The maximum Gasteiger partial charge on any atom is 0.0658 e. The molecule has 1 rings (SSSR count). The van der Waals surface area contributed by atoms with Crippen molar-refractivity contribution in [2.24, 2.45) is 0 Å². The number of rotatable bonds is 4. The molecule has 68 valence electrons. The van der Waals surface area contributed by atoms with Crippen LogP contribution >= 0.6 is 15.9 Å². The molecule has 0 aliphatic heterocycles. The van der Waals surface area contributed by atoms with Gasteiger partial charge in [0.15, 0.2) is 0 Å². The molecule has 1 aromatic rings. The molecule has 0 fully saturated rings. The van der Waals surface area contributed by atoms with Crippen LogP contribution in [0.4, 0.5) is 0 Å². The molecule has 0 N–H and O–H groups in total. The Kier molecular flexibility index (Phi) is 3.75. The highest BCUT2D eigenvalue weighted by molar-refractivity contribution is 9.10. The zero-order valence-electron chi connectivity index (χ0n) is 7.38. The van der Waals surface area contributed by atoms with Gasteiger partial charge in [-0.3, -0.25) is 4.68 Å². The molecule has 12 heavy (non-hydrogen) atoms.